The smallest absolute Gasteiger partial charge is 0.0165 e. The first-order valence-electron chi connectivity index (χ1n) is 4.68. The molecule has 0 heteroatoms. The van der Waals surface area contributed by atoms with E-state index in [0.29, 0.717) is 11.8 Å². The van der Waals surface area contributed by atoms with Crippen LogP contribution in [0.1, 0.15) is 27.7 Å². The van der Waals surface area contributed by atoms with Crippen LogP contribution in [0.4, 0.5) is 0 Å². The quantitative estimate of drug-likeness (QED) is 0.551. The van der Waals surface area contributed by atoms with Gasteiger partial charge in [-0.15, -0.1) is 0 Å². The summed E-state index contributed by atoms with van der Waals surface area (Å²) in [5, 5.41) is 0. The Morgan fingerprint density at radius 2 is 2.00 bits per heavy atom. The van der Waals surface area contributed by atoms with Gasteiger partial charge in [0, 0.05) is 0 Å². The molecule has 0 bridgehead atoms. The lowest BCUT2D eigenvalue weighted by Crippen LogP contribution is -2.11. The highest BCUT2D eigenvalue weighted by atomic mass is 14.2. The van der Waals surface area contributed by atoms with Crippen molar-refractivity contribution >= 4 is 0 Å². The maximum Gasteiger partial charge on any atom is -0.0165 e. The zero-order valence-electron chi connectivity index (χ0n) is 8.46. The first kappa shape index (κ1) is 9.31. The molecule has 0 N–H and O–H groups in total. The largest absolute Gasteiger partial charge is 0.0871 e. The Bertz CT molecular complexity index is 241. The Labute approximate surface area is 75.7 Å². The van der Waals surface area contributed by atoms with E-state index in [0.717, 1.165) is 0 Å². The van der Waals surface area contributed by atoms with Crippen molar-refractivity contribution in [3.63, 3.8) is 0 Å². The minimum Gasteiger partial charge on any atom is -0.0871 e. The average molecular weight is 162 g/mol. The zero-order chi connectivity index (χ0) is 9.14. The van der Waals surface area contributed by atoms with Crippen LogP contribution in [0, 0.1) is 11.8 Å². The lowest BCUT2D eigenvalue weighted by Gasteiger charge is -2.23. The van der Waals surface area contributed by atoms with Gasteiger partial charge in [0.25, 0.3) is 0 Å². The Morgan fingerprint density at radius 3 is 2.58 bits per heavy atom. The Balaban J connectivity index is 2.93. The summed E-state index contributed by atoms with van der Waals surface area (Å²) in [5.74, 6) is 1.39. The summed E-state index contributed by atoms with van der Waals surface area (Å²) >= 11 is 0. The van der Waals surface area contributed by atoms with E-state index < -0.39 is 0 Å². The second-order valence-electron chi connectivity index (χ2n) is 3.65. The lowest BCUT2D eigenvalue weighted by molar-refractivity contribution is 0.519. The molecule has 0 spiro atoms. The van der Waals surface area contributed by atoms with Gasteiger partial charge in [-0.3, -0.25) is 0 Å². The van der Waals surface area contributed by atoms with Crippen LogP contribution in [0.25, 0.3) is 0 Å². The fourth-order valence-corrected chi connectivity index (χ4v) is 1.58. The van der Waals surface area contributed by atoms with Gasteiger partial charge in [-0.25, -0.2) is 0 Å². The number of hydrogen-bond acceptors (Lipinski definition) is 0. The fourth-order valence-electron chi connectivity index (χ4n) is 1.58. The van der Waals surface area contributed by atoms with Crippen LogP contribution in [0.5, 0.6) is 0 Å². The van der Waals surface area contributed by atoms with E-state index in [1.54, 1.807) is 0 Å². The normalized spacial score (nSPS) is 30.3. The first-order valence-corrected chi connectivity index (χ1v) is 4.68. The average Bonchev–Trinajstić information content (AvgIpc) is 2.07. The molecule has 0 radical (unpaired) electrons. The molecule has 2 unspecified atom stereocenters. The summed E-state index contributed by atoms with van der Waals surface area (Å²) in [6.45, 7) is 8.88. The van der Waals surface area contributed by atoms with Crippen molar-refractivity contribution in [2.45, 2.75) is 27.7 Å². The summed E-state index contributed by atoms with van der Waals surface area (Å²) in [6.07, 6.45) is 8.83. The molecule has 0 aromatic heterocycles. The molecule has 0 amide bonds. The van der Waals surface area contributed by atoms with E-state index in [4.69, 9.17) is 0 Å². The van der Waals surface area contributed by atoms with Gasteiger partial charge in [-0.2, -0.15) is 0 Å². The number of allylic oxidation sites excluding steroid dienone is 6. The van der Waals surface area contributed by atoms with Crippen LogP contribution < -0.4 is 0 Å². The molecule has 0 aliphatic heterocycles. The predicted molar refractivity (Wildman–Crippen MR) is 55.0 cm³/mol. The van der Waals surface area contributed by atoms with E-state index >= 15 is 0 Å². The molecule has 0 fully saturated rings. The molecule has 1 rings (SSSR count). The van der Waals surface area contributed by atoms with Gasteiger partial charge in [0.15, 0.2) is 0 Å². The summed E-state index contributed by atoms with van der Waals surface area (Å²) < 4.78 is 0. The molecule has 2 atom stereocenters. The molecular formula is C12H18. The van der Waals surface area contributed by atoms with Crippen molar-refractivity contribution in [3.8, 4) is 0 Å². The van der Waals surface area contributed by atoms with E-state index in [1.165, 1.54) is 11.1 Å². The number of hydrogen-bond donors (Lipinski definition) is 0. The molecule has 0 heterocycles. The van der Waals surface area contributed by atoms with Crippen LogP contribution in [0.15, 0.2) is 35.5 Å². The summed E-state index contributed by atoms with van der Waals surface area (Å²) in [5.41, 5.74) is 2.91. The summed E-state index contributed by atoms with van der Waals surface area (Å²) in [6, 6.07) is 0. The summed E-state index contributed by atoms with van der Waals surface area (Å²) in [4.78, 5) is 0. The van der Waals surface area contributed by atoms with Gasteiger partial charge >= 0.3 is 0 Å². The van der Waals surface area contributed by atoms with Crippen LogP contribution in [0.3, 0.4) is 0 Å². The Kier molecular flexibility index (Phi) is 2.91. The Morgan fingerprint density at radius 1 is 1.33 bits per heavy atom. The predicted octanol–water partition coefficient (Wildman–Crippen LogP) is 3.72. The maximum atomic E-state index is 2.30. The van der Waals surface area contributed by atoms with Gasteiger partial charge < -0.3 is 0 Å². The number of rotatable bonds is 1. The van der Waals surface area contributed by atoms with E-state index in [-0.39, 0.29) is 0 Å². The van der Waals surface area contributed by atoms with Crippen molar-refractivity contribution in [1.82, 2.24) is 0 Å². The monoisotopic (exact) mass is 162 g/mol. The highest BCUT2D eigenvalue weighted by molar-refractivity contribution is 5.39. The van der Waals surface area contributed by atoms with Crippen molar-refractivity contribution in [1.29, 1.82) is 0 Å². The van der Waals surface area contributed by atoms with Gasteiger partial charge in [-0.1, -0.05) is 43.7 Å². The van der Waals surface area contributed by atoms with Crippen molar-refractivity contribution in [2.75, 3.05) is 0 Å². The van der Waals surface area contributed by atoms with Gasteiger partial charge in [0.05, 0.1) is 0 Å². The van der Waals surface area contributed by atoms with Crippen molar-refractivity contribution in [2.24, 2.45) is 11.8 Å². The third-order valence-corrected chi connectivity index (χ3v) is 2.85. The van der Waals surface area contributed by atoms with Crippen molar-refractivity contribution in [3.05, 3.63) is 35.5 Å². The molecule has 0 nitrogen and oxygen atoms in total. The third-order valence-electron chi connectivity index (χ3n) is 2.85. The fraction of sp³-hybridized carbons (Fsp3) is 0.500. The van der Waals surface area contributed by atoms with Gasteiger partial charge in [0.1, 0.15) is 0 Å². The molecule has 0 aromatic carbocycles. The summed E-state index contributed by atoms with van der Waals surface area (Å²) in [7, 11) is 0. The topological polar surface area (TPSA) is 0 Å². The standard InChI is InChI=1S/C12H18/c1-5-6-12-8-7-9(2)10(3)11(12)4/h5-10H,1-4H3. The highest BCUT2D eigenvalue weighted by Gasteiger charge is 2.16. The van der Waals surface area contributed by atoms with E-state index in [1.807, 2.05) is 0 Å². The Hall–Kier alpha value is -0.780. The minimum atomic E-state index is 0.694. The van der Waals surface area contributed by atoms with Crippen LogP contribution in [-0.2, 0) is 0 Å². The molecule has 12 heavy (non-hydrogen) atoms. The molecule has 0 saturated heterocycles. The van der Waals surface area contributed by atoms with E-state index in [9.17, 15) is 0 Å². The van der Waals surface area contributed by atoms with Gasteiger partial charge in [-0.05, 0) is 31.3 Å². The van der Waals surface area contributed by atoms with Crippen LogP contribution >= 0.6 is 0 Å². The molecule has 0 aromatic rings. The molecule has 66 valence electrons. The van der Waals surface area contributed by atoms with Crippen LogP contribution in [-0.4, -0.2) is 0 Å². The first-order chi connectivity index (χ1) is 5.66. The molecule has 0 saturated carbocycles. The highest BCUT2D eigenvalue weighted by Crippen LogP contribution is 2.29. The van der Waals surface area contributed by atoms with Crippen molar-refractivity contribution < 1.29 is 0 Å². The maximum absolute atomic E-state index is 2.30. The zero-order valence-corrected chi connectivity index (χ0v) is 8.46. The lowest BCUT2D eigenvalue weighted by atomic mass is 9.82. The third kappa shape index (κ3) is 1.69. The van der Waals surface area contributed by atoms with Gasteiger partial charge in [0.2, 0.25) is 0 Å². The molecule has 1 aliphatic rings. The SMILES string of the molecule is CC=CC1=C(C)C(C)C(C)C=C1. The van der Waals surface area contributed by atoms with Crippen LogP contribution in [0.2, 0.25) is 0 Å². The minimum absolute atomic E-state index is 0.694. The molecular weight excluding hydrogens is 144 g/mol. The second-order valence-corrected chi connectivity index (χ2v) is 3.65. The van der Waals surface area contributed by atoms with E-state index in [2.05, 4.69) is 52.0 Å². The second kappa shape index (κ2) is 3.75. The molecule has 1 aliphatic carbocycles.